The molecule has 0 saturated heterocycles. The van der Waals surface area contributed by atoms with Gasteiger partial charge in [0, 0.05) is 24.4 Å². The quantitative estimate of drug-likeness (QED) is 0.942. The van der Waals surface area contributed by atoms with Gasteiger partial charge in [-0.2, -0.15) is 5.10 Å². The summed E-state index contributed by atoms with van der Waals surface area (Å²) >= 11 is 6.27. The van der Waals surface area contributed by atoms with Gasteiger partial charge in [-0.05, 0) is 12.0 Å². The summed E-state index contributed by atoms with van der Waals surface area (Å²) in [6.07, 6.45) is 2.31. The van der Waals surface area contributed by atoms with Gasteiger partial charge >= 0.3 is 0 Å². The van der Waals surface area contributed by atoms with E-state index in [1.807, 2.05) is 13.8 Å². The second-order valence-electron chi connectivity index (χ2n) is 4.93. The van der Waals surface area contributed by atoms with Crippen LogP contribution in [-0.4, -0.2) is 27.0 Å². The van der Waals surface area contributed by atoms with Crippen LogP contribution in [0.3, 0.4) is 0 Å². The lowest BCUT2D eigenvalue weighted by atomic mass is 9.98. The summed E-state index contributed by atoms with van der Waals surface area (Å²) < 4.78 is 6.70. The summed E-state index contributed by atoms with van der Waals surface area (Å²) in [5.74, 6) is 0.754. The fraction of sp³-hybridized carbons (Fsp3) is 0.429. The minimum Gasteiger partial charge on any atom is -0.495 e. The van der Waals surface area contributed by atoms with E-state index in [0.717, 1.165) is 5.69 Å². The summed E-state index contributed by atoms with van der Waals surface area (Å²) in [7, 11) is 3.32. The van der Waals surface area contributed by atoms with Gasteiger partial charge in [0.15, 0.2) is 0 Å². The number of halogens is 1. The summed E-state index contributed by atoms with van der Waals surface area (Å²) in [5, 5.41) is 15.4. The van der Waals surface area contributed by atoms with Crippen molar-refractivity contribution in [2.75, 3.05) is 7.11 Å². The van der Waals surface area contributed by atoms with Crippen molar-refractivity contribution in [2.24, 2.45) is 7.05 Å². The average molecular weight is 296 g/mol. The second kappa shape index (κ2) is 5.81. The Morgan fingerprint density at radius 2 is 2.05 bits per heavy atom. The van der Waals surface area contributed by atoms with Gasteiger partial charge in [-0.15, -0.1) is 0 Å². The third kappa shape index (κ3) is 2.64. The highest BCUT2D eigenvalue weighted by Crippen LogP contribution is 2.34. The number of hydrogen-bond acceptors (Lipinski definition) is 4. The Labute approximate surface area is 123 Å². The Bertz CT molecular complexity index is 610. The summed E-state index contributed by atoms with van der Waals surface area (Å²) in [6.45, 7) is 4.03. The van der Waals surface area contributed by atoms with Gasteiger partial charge < -0.3 is 9.84 Å². The largest absolute Gasteiger partial charge is 0.495 e. The van der Waals surface area contributed by atoms with Gasteiger partial charge in [-0.1, -0.05) is 25.4 Å². The summed E-state index contributed by atoms with van der Waals surface area (Å²) in [6, 6.07) is 1.74. The zero-order valence-corrected chi connectivity index (χ0v) is 12.7. The third-order valence-corrected chi connectivity index (χ3v) is 3.59. The predicted octanol–water partition coefficient (Wildman–Crippen LogP) is 2.68. The summed E-state index contributed by atoms with van der Waals surface area (Å²) in [5.41, 5.74) is 2.04. The normalized spacial score (nSPS) is 12.8. The van der Waals surface area contributed by atoms with Crippen LogP contribution in [-0.2, 0) is 7.05 Å². The highest BCUT2D eigenvalue weighted by molar-refractivity contribution is 6.30. The van der Waals surface area contributed by atoms with Crippen LogP contribution in [0.5, 0.6) is 5.75 Å². The van der Waals surface area contributed by atoms with Crippen LogP contribution in [0.15, 0.2) is 18.5 Å². The molecule has 0 fully saturated rings. The molecule has 2 aromatic heterocycles. The molecule has 0 aliphatic rings. The fourth-order valence-corrected chi connectivity index (χ4v) is 2.32. The molecule has 6 heteroatoms. The Morgan fingerprint density at radius 1 is 1.35 bits per heavy atom. The highest BCUT2D eigenvalue weighted by Gasteiger charge is 2.25. The first-order valence-corrected chi connectivity index (χ1v) is 6.72. The smallest absolute Gasteiger partial charge is 0.137 e. The van der Waals surface area contributed by atoms with Crippen molar-refractivity contribution in [2.45, 2.75) is 25.9 Å². The second-order valence-corrected chi connectivity index (χ2v) is 5.29. The van der Waals surface area contributed by atoms with E-state index in [0.29, 0.717) is 22.0 Å². The first-order chi connectivity index (χ1) is 9.45. The zero-order chi connectivity index (χ0) is 14.9. The van der Waals surface area contributed by atoms with Gasteiger partial charge in [0.2, 0.25) is 0 Å². The SMILES string of the molecule is COc1cncc(C(O)c2c(C(C)C)nn(C)c2Cl)c1. The highest BCUT2D eigenvalue weighted by atomic mass is 35.5. The minimum atomic E-state index is -0.879. The van der Waals surface area contributed by atoms with Crippen LogP contribution in [0.2, 0.25) is 5.15 Å². The van der Waals surface area contributed by atoms with Crippen LogP contribution >= 0.6 is 11.6 Å². The average Bonchev–Trinajstić information content (AvgIpc) is 2.74. The lowest BCUT2D eigenvalue weighted by Crippen LogP contribution is -2.05. The van der Waals surface area contributed by atoms with E-state index in [9.17, 15) is 5.11 Å². The number of pyridine rings is 1. The van der Waals surface area contributed by atoms with E-state index in [1.165, 1.54) is 0 Å². The summed E-state index contributed by atoms with van der Waals surface area (Å²) in [4.78, 5) is 4.06. The first-order valence-electron chi connectivity index (χ1n) is 6.35. The number of hydrogen-bond donors (Lipinski definition) is 1. The van der Waals surface area contributed by atoms with E-state index >= 15 is 0 Å². The van der Waals surface area contributed by atoms with Crippen molar-refractivity contribution in [3.8, 4) is 5.75 Å². The number of aliphatic hydroxyl groups is 1. The van der Waals surface area contributed by atoms with E-state index in [1.54, 1.807) is 37.3 Å². The first kappa shape index (κ1) is 14.8. The van der Waals surface area contributed by atoms with Crippen LogP contribution < -0.4 is 4.74 Å². The molecule has 2 rings (SSSR count). The Balaban J connectivity index is 2.49. The van der Waals surface area contributed by atoms with Crippen molar-refractivity contribution in [1.29, 1.82) is 0 Å². The van der Waals surface area contributed by atoms with E-state index in [-0.39, 0.29) is 5.92 Å². The minimum absolute atomic E-state index is 0.164. The third-order valence-electron chi connectivity index (χ3n) is 3.15. The topological polar surface area (TPSA) is 60.2 Å². The maximum Gasteiger partial charge on any atom is 0.137 e. The van der Waals surface area contributed by atoms with Gasteiger partial charge in [0.1, 0.15) is 17.0 Å². The van der Waals surface area contributed by atoms with Gasteiger partial charge in [0.05, 0.1) is 19.0 Å². The molecular weight excluding hydrogens is 278 g/mol. The zero-order valence-electron chi connectivity index (χ0n) is 12.0. The Morgan fingerprint density at radius 3 is 2.65 bits per heavy atom. The number of aromatic nitrogens is 3. The lowest BCUT2D eigenvalue weighted by molar-refractivity contribution is 0.217. The number of rotatable bonds is 4. The Hall–Kier alpha value is -1.59. The van der Waals surface area contributed by atoms with Crippen LogP contribution in [0.25, 0.3) is 0 Å². The molecule has 0 saturated carbocycles. The maximum absolute atomic E-state index is 10.6. The molecule has 0 bridgehead atoms. The molecule has 0 spiro atoms. The van der Waals surface area contributed by atoms with Crippen molar-refractivity contribution in [3.63, 3.8) is 0 Å². The number of nitrogens with zero attached hydrogens (tertiary/aromatic N) is 3. The fourth-order valence-electron chi connectivity index (χ4n) is 2.08. The van der Waals surface area contributed by atoms with Gasteiger partial charge in [-0.3, -0.25) is 9.67 Å². The number of ether oxygens (including phenoxy) is 1. The maximum atomic E-state index is 10.6. The molecule has 5 nitrogen and oxygen atoms in total. The van der Waals surface area contributed by atoms with E-state index in [4.69, 9.17) is 16.3 Å². The Kier molecular flexibility index (Phi) is 4.30. The van der Waals surface area contributed by atoms with Crippen molar-refractivity contribution in [1.82, 2.24) is 14.8 Å². The van der Waals surface area contributed by atoms with Crippen molar-refractivity contribution < 1.29 is 9.84 Å². The molecular formula is C14H18ClN3O2. The van der Waals surface area contributed by atoms with Crippen LogP contribution in [0.1, 0.15) is 42.7 Å². The number of aliphatic hydroxyl groups excluding tert-OH is 1. The molecule has 0 radical (unpaired) electrons. The van der Waals surface area contributed by atoms with E-state index < -0.39 is 6.10 Å². The molecule has 0 aliphatic carbocycles. The lowest BCUT2D eigenvalue weighted by Gasteiger charge is -2.14. The number of aryl methyl sites for hydroxylation is 1. The predicted molar refractivity (Wildman–Crippen MR) is 77.2 cm³/mol. The molecule has 108 valence electrons. The molecule has 2 aromatic rings. The van der Waals surface area contributed by atoms with Gasteiger partial charge in [-0.25, -0.2) is 0 Å². The van der Waals surface area contributed by atoms with Crippen LogP contribution in [0.4, 0.5) is 0 Å². The molecule has 0 aliphatic heterocycles. The standard InChI is InChI=1S/C14H18ClN3O2/c1-8(2)12-11(14(15)18(3)17-12)13(19)9-5-10(20-4)7-16-6-9/h5-8,13,19H,1-4H3. The monoisotopic (exact) mass is 295 g/mol. The van der Waals surface area contributed by atoms with Crippen LogP contribution in [0, 0.1) is 0 Å². The molecule has 1 atom stereocenters. The number of methoxy groups -OCH3 is 1. The van der Waals surface area contributed by atoms with Crippen molar-refractivity contribution in [3.05, 3.63) is 40.4 Å². The van der Waals surface area contributed by atoms with Crippen molar-refractivity contribution >= 4 is 11.6 Å². The van der Waals surface area contributed by atoms with E-state index in [2.05, 4.69) is 10.1 Å². The molecule has 2 heterocycles. The molecule has 0 amide bonds. The molecule has 20 heavy (non-hydrogen) atoms. The molecule has 1 unspecified atom stereocenters. The molecule has 1 N–H and O–H groups in total. The molecule has 0 aromatic carbocycles. The van der Waals surface area contributed by atoms with Gasteiger partial charge in [0.25, 0.3) is 0 Å².